The van der Waals surface area contributed by atoms with Gasteiger partial charge in [0.2, 0.25) is 0 Å². The Balaban J connectivity index is 1.87. The second-order valence-electron chi connectivity index (χ2n) is 7.11. The van der Waals surface area contributed by atoms with Crippen LogP contribution in [0.2, 0.25) is 0 Å². The number of anilines is 2. The SMILES string of the molecule is Cc1ccc(Oc2c(N)cccc2F)c2c1NC(=O)NC21CCCCC1. The van der Waals surface area contributed by atoms with Crippen molar-refractivity contribution in [1.29, 1.82) is 0 Å². The number of benzene rings is 2. The van der Waals surface area contributed by atoms with E-state index < -0.39 is 11.4 Å². The normalized spacial score (nSPS) is 18.0. The van der Waals surface area contributed by atoms with Gasteiger partial charge >= 0.3 is 6.03 Å². The van der Waals surface area contributed by atoms with Crippen molar-refractivity contribution in [3.8, 4) is 11.5 Å². The number of urea groups is 1. The molecule has 6 heteroatoms. The van der Waals surface area contributed by atoms with E-state index in [2.05, 4.69) is 10.6 Å². The first kappa shape index (κ1) is 16.7. The lowest BCUT2D eigenvalue weighted by molar-refractivity contribution is 0.206. The molecule has 0 atom stereocenters. The monoisotopic (exact) mass is 355 g/mol. The number of halogens is 1. The number of carbonyl (C=O) groups is 1. The quantitative estimate of drug-likeness (QED) is 0.677. The van der Waals surface area contributed by atoms with Crippen LogP contribution in [0.1, 0.15) is 43.2 Å². The molecule has 5 nitrogen and oxygen atoms in total. The Hall–Kier alpha value is -2.76. The van der Waals surface area contributed by atoms with E-state index in [1.165, 1.54) is 6.07 Å². The lowest BCUT2D eigenvalue weighted by Crippen LogP contribution is -2.53. The van der Waals surface area contributed by atoms with Crippen LogP contribution in [-0.4, -0.2) is 6.03 Å². The fourth-order valence-corrected chi connectivity index (χ4v) is 4.11. The van der Waals surface area contributed by atoms with Gasteiger partial charge in [-0.1, -0.05) is 31.4 Å². The van der Waals surface area contributed by atoms with Crippen LogP contribution in [0.25, 0.3) is 0 Å². The Morgan fingerprint density at radius 1 is 1.15 bits per heavy atom. The summed E-state index contributed by atoms with van der Waals surface area (Å²) < 4.78 is 20.2. The zero-order valence-electron chi connectivity index (χ0n) is 14.7. The third-order valence-electron chi connectivity index (χ3n) is 5.36. The standard InChI is InChI=1S/C20H22FN3O2/c1-12-8-9-15(26-18-13(21)6-5-7-14(18)22)16-17(12)23-19(25)24-20(16)10-3-2-4-11-20/h5-9H,2-4,10-11,22H2,1H3,(H2,23,24,25). The molecule has 1 saturated carbocycles. The fourth-order valence-electron chi connectivity index (χ4n) is 4.11. The van der Waals surface area contributed by atoms with E-state index in [9.17, 15) is 9.18 Å². The molecule has 136 valence electrons. The van der Waals surface area contributed by atoms with E-state index >= 15 is 0 Å². The number of hydrogen-bond acceptors (Lipinski definition) is 3. The Kier molecular flexibility index (Phi) is 3.98. The van der Waals surface area contributed by atoms with Gasteiger partial charge in [0.05, 0.1) is 16.9 Å². The molecule has 1 heterocycles. The maximum absolute atomic E-state index is 14.3. The average molecular weight is 355 g/mol. The Labute approximate surface area is 151 Å². The lowest BCUT2D eigenvalue weighted by atomic mass is 9.74. The molecule has 1 fully saturated rings. The van der Waals surface area contributed by atoms with Crippen molar-refractivity contribution in [1.82, 2.24) is 5.32 Å². The van der Waals surface area contributed by atoms with Gasteiger partial charge in [-0.15, -0.1) is 0 Å². The molecule has 0 radical (unpaired) electrons. The highest BCUT2D eigenvalue weighted by molar-refractivity contribution is 5.95. The summed E-state index contributed by atoms with van der Waals surface area (Å²) in [6, 6.07) is 7.97. The summed E-state index contributed by atoms with van der Waals surface area (Å²) in [7, 11) is 0. The maximum Gasteiger partial charge on any atom is 0.319 e. The number of nitrogens with two attached hydrogens (primary N) is 1. The van der Waals surface area contributed by atoms with Crippen LogP contribution in [0.3, 0.4) is 0 Å². The smallest absolute Gasteiger partial charge is 0.319 e. The van der Waals surface area contributed by atoms with Gasteiger partial charge in [0.15, 0.2) is 11.6 Å². The van der Waals surface area contributed by atoms with Crippen molar-refractivity contribution < 1.29 is 13.9 Å². The Bertz CT molecular complexity index is 855. The largest absolute Gasteiger partial charge is 0.452 e. The van der Waals surface area contributed by atoms with Crippen molar-refractivity contribution >= 4 is 17.4 Å². The molecule has 0 unspecified atom stereocenters. The second kappa shape index (κ2) is 6.20. The number of rotatable bonds is 2. The number of hydrogen-bond donors (Lipinski definition) is 3. The highest BCUT2D eigenvalue weighted by Gasteiger charge is 2.43. The van der Waals surface area contributed by atoms with Gasteiger partial charge in [-0.25, -0.2) is 9.18 Å². The summed E-state index contributed by atoms with van der Waals surface area (Å²) in [5.41, 5.74) is 8.26. The molecule has 0 bridgehead atoms. The number of ether oxygens (including phenoxy) is 1. The molecule has 2 aromatic rings. The number of amides is 2. The van der Waals surface area contributed by atoms with Crippen molar-refractivity contribution in [2.45, 2.75) is 44.6 Å². The average Bonchev–Trinajstić information content (AvgIpc) is 2.61. The highest BCUT2D eigenvalue weighted by atomic mass is 19.1. The molecule has 2 amide bonds. The lowest BCUT2D eigenvalue weighted by Gasteiger charge is -2.43. The third kappa shape index (κ3) is 2.66. The summed E-state index contributed by atoms with van der Waals surface area (Å²) in [5, 5.41) is 6.02. The maximum atomic E-state index is 14.3. The van der Waals surface area contributed by atoms with E-state index in [4.69, 9.17) is 10.5 Å². The minimum absolute atomic E-state index is 0.0152. The van der Waals surface area contributed by atoms with Crippen LogP contribution >= 0.6 is 0 Å². The molecule has 4 rings (SSSR count). The number of nitrogens with one attached hydrogen (secondary N) is 2. The summed E-state index contributed by atoms with van der Waals surface area (Å²) in [4.78, 5) is 12.3. The molecular formula is C20H22FN3O2. The number of aryl methyl sites for hydroxylation is 1. The van der Waals surface area contributed by atoms with Gasteiger partial charge in [-0.3, -0.25) is 0 Å². The van der Waals surface area contributed by atoms with Gasteiger partial charge in [-0.05, 0) is 43.5 Å². The van der Waals surface area contributed by atoms with Crippen molar-refractivity contribution in [2.24, 2.45) is 0 Å². The van der Waals surface area contributed by atoms with Crippen molar-refractivity contribution in [3.63, 3.8) is 0 Å². The summed E-state index contributed by atoms with van der Waals surface area (Å²) >= 11 is 0. The zero-order valence-corrected chi connectivity index (χ0v) is 14.7. The number of para-hydroxylation sites is 1. The molecular weight excluding hydrogens is 333 g/mol. The van der Waals surface area contributed by atoms with Gasteiger partial charge in [0, 0.05) is 5.56 Å². The van der Waals surface area contributed by atoms with Gasteiger partial charge < -0.3 is 21.1 Å². The molecule has 1 spiro atoms. The predicted molar refractivity (Wildman–Crippen MR) is 99.0 cm³/mol. The third-order valence-corrected chi connectivity index (χ3v) is 5.36. The first-order chi connectivity index (χ1) is 12.5. The number of carbonyl (C=O) groups excluding carboxylic acids is 1. The first-order valence-corrected chi connectivity index (χ1v) is 8.95. The topological polar surface area (TPSA) is 76.4 Å². The molecule has 4 N–H and O–H groups in total. The molecule has 1 aliphatic heterocycles. The van der Waals surface area contributed by atoms with E-state index in [1.54, 1.807) is 12.1 Å². The molecule has 2 aliphatic rings. The van der Waals surface area contributed by atoms with E-state index in [0.29, 0.717) is 5.75 Å². The molecule has 2 aromatic carbocycles. The van der Waals surface area contributed by atoms with Gasteiger partial charge in [0.25, 0.3) is 0 Å². The van der Waals surface area contributed by atoms with Crippen molar-refractivity contribution in [3.05, 3.63) is 47.3 Å². The Morgan fingerprint density at radius 2 is 1.92 bits per heavy atom. The minimum atomic E-state index is -0.509. The van der Waals surface area contributed by atoms with Crippen LogP contribution in [0, 0.1) is 12.7 Å². The summed E-state index contributed by atoms with van der Waals surface area (Å²) in [5.74, 6) is 0.0306. The molecule has 0 aromatic heterocycles. The summed E-state index contributed by atoms with van der Waals surface area (Å²) in [6.45, 7) is 1.95. The van der Waals surface area contributed by atoms with Gasteiger partial charge in [0.1, 0.15) is 5.75 Å². The first-order valence-electron chi connectivity index (χ1n) is 8.95. The zero-order chi connectivity index (χ0) is 18.3. The second-order valence-corrected chi connectivity index (χ2v) is 7.11. The van der Waals surface area contributed by atoms with Crippen LogP contribution in [-0.2, 0) is 5.54 Å². The summed E-state index contributed by atoms with van der Waals surface area (Å²) in [6.07, 6.45) is 4.85. The van der Waals surface area contributed by atoms with Crippen molar-refractivity contribution in [2.75, 3.05) is 11.1 Å². The van der Waals surface area contributed by atoms with Crippen LogP contribution in [0.15, 0.2) is 30.3 Å². The predicted octanol–water partition coefficient (Wildman–Crippen LogP) is 4.80. The minimum Gasteiger partial charge on any atom is -0.452 e. The van der Waals surface area contributed by atoms with Crippen LogP contribution in [0.5, 0.6) is 11.5 Å². The van der Waals surface area contributed by atoms with Crippen LogP contribution in [0.4, 0.5) is 20.6 Å². The Morgan fingerprint density at radius 3 is 2.65 bits per heavy atom. The molecule has 0 saturated heterocycles. The highest BCUT2D eigenvalue weighted by Crippen LogP contribution is 2.49. The molecule has 1 aliphatic carbocycles. The molecule has 26 heavy (non-hydrogen) atoms. The van der Waals surface area contributed by atoms with E-state index in [0.717, 1.165) is 48.9 Å². The van der Waals surface area contributed by atoms with E-state index in [1.807, 2.05) is 19.1 Å². The fraction of sp³-hybridized carbons (Fsp3) is 0.350. The van der Waals surface area contributed by atoms with Crippen LogP contribution < -0.4 is 21.1 Å². The number of fused-ring (bicyclic) bond motifs is 2. The van der Waals surface area contributed by atoms with Gasteiger partial charge in [-0.2, -0.15) is 0 Å². The van der Waals surface area contributed by atoms with E-state index in [-0.39, 0.29) is 17.5 Å². The number of nitrogen functional groups attached to an aromatic ring is 1.